The van der Waals surface area contributed by atoms with Crippen LogP contribution in [0.4, 0.5) is 0 Å². The summed E-state index contributed by atoms with van der Waals surface area (Å²) in [6.45, 7) is 9.88. The maximum absolute atomic E-state index is 14.1. The molecule has 0 unspecified atom stereocenters. The molecule has 39 heavy (non-hydrogen) atoms. The van der Waals surface area contributed by atoms with Crippen molar-refractivity contribution >= 4 is 23.4 Å². The lowest BCUT2D eigenvalue weighted by molar-refractivity contribution is -0.139. The summed E-state index contributed by atoms with van der Waals surface area (Å²) in [6, 6.07) is 8.55. The molecule has 3 aromatic rings. The standard InChI is InChI=1S/C30H34N2O6S/c1-9-38-29(34)26-18(5)31-30-32(27(26)22-15-20(35-6)10-11-23(22)36-7)28(33)25(39-30)14-19-13-21(16(2)3)24(37-8)12-17(19)4/h10-16,27H,9H2,1-8H3/b25-14+/t27-/m0/s1. The molecule has 1 atom stereocenters. The monoisotopic (exact) mass is 550 g/mol. The molecule has 1 aliphatic rings. The molecule has 0 saturated heterocycles. The van der Waals surface area contributed by atoms with Crippen molar-refractivity contribution in [3.63, 3.8) is 0 Å². The Morgan fingerprint density at radius 3 is 2.41 bits per heavy atom. The summed E-state index contributed by atoms with van der Waals surface area (Å²) in [5, 5.41) is 0. The summed E-state index contributed by atoms with van der Waals surface area (Å²) < 4.78 is 24.2. The number of hydrogen-bond donors (Lipinski definition) is 0. The Morgan fingerprint density at radius 2 is 1.79 bits per heavy atom. The van der Waals surface area contributed by atoms with E-state index in [2.05, 4.69) is 24.9 Å². The van der Waals surface area contributed by atoms with Crippen LogP contribution < -0.4 is 29.1 Å². The fraction of sp³-hybridized carbons (Fsp3) is 0.367. The van der Waals surface area contributed by atoms with Gasteiger partial charge in [-0.05, 0) is 79.8 Å². The topological polar surface area (TPSA) is 88.4 Å². The van der Waals surface area contributed by atoms with Gasteiger partial charge in [0.2, 0.25) is 0 Å². The van der Waals surface area contributed by atoms with Gasteiger partial charge in [0.25, 0.3) is 5.56 Å². The van der Waals surface area contributed by atoms with Crippen LogP contribution in [0.1, 0.15) is 61.9 Å². The van der Waals surface area contributed by atoms with Crippen LogP contribution >= 0.6 is 11.3 Å². The summed E-state index contributed by atoms with van der Waals surface area (Å²) in [7, 11) is 4.77. The molecule has 0 N–H and O–H groups in total. The van der Waals surface area contributed by atoms with E-state index in [1.54, 1.807) is 57.9 Å². The molecule has 0 amide bonds. The molecule has 0 fully saturated rings. The van der Waals surface area contributed by atoms with Crippen LogP contribution in [-0.2, 0) is 9.53 Å². The first-order chi connectivity index (χ1) is 18.6. The molecular weight excluding hydrogens is 516 g/mol. The number of aromatic nitrogens is 1. The second-order valence-electron chi connectivity index (χ2n) is 9.52. The largest absolute Gasteiger partial charge is 0.497 e. The Morgan fingerprint density at radius 1 is 1.08 bits per heavy atom. The highest BCUT2D eigenvalue weighted by atomic mass is 32.1. The van der Waals surface area contributed by atoms with Gasteiger partial charge in [-0.2, -0.15) is 0 Å². The first-order valence-corrected chi connectivity index (χ1v) is 13.6. The highest BCUT2D eigenvalue weighted by Crippen LogP contribution is 2.38. The van der Waals surface area contributed by atoms with Crippen molar-refractivity contribution < 1.29 is 23.7 Å². The average Bonchev–Trinajstić information content (AvgIpc) is 3.22. The summed E-state index contributed by atoms with van der Waals surface area (Å²) >= 11 is 1.28. The number of fused-ring (bicyclic) bond motifs is 1. The van der Waals surface area contributed by atoms with Gasteiger partial charge >= 0.3 is 5.97 Å². The number of carbonyl (C=O) groups is 1. The van der Waals surface area contributed by atoms with Crippen molar-refractivity contribution in [2.24, 2.45) is 4.99 Å². The number of allylic oxidation sites excluding steroid dienone is 1. The number of aryl methyl sites for hydroxylation is 1. The van der Waals surface area contributed by atoms with Crippen LogP contribution in [0.25, 0.3) is 6.08 Å². The summed E-state index contributed by atoms with van der Waals surface area (Å²) in [4.78, 5) is 32.4. The van der Waals surface area contributed by atoms with Crippen LogP contribution in [0.3, 0.4) is 0 Å². The second kappa shape index (κ2) is 11.5. The number of methoxy groups -OCH3 is 3. The van der Waals surface area contributed by atoms with E-state index in [1.165, 1.54) is 11.3 Å². The molecule has 2 aromatic carbocycles. The number of thiazole rings is 1. The first kappa shape index (κ1) is 28.2. The summed E-state index contributed by atoms with van der Waals surface area (Å²) in [5.74, 6) is 1.61. The molecule has 1 aromatic heterocycles. The summed E-state index contributed by atoms with van der Waals surface area (Å²) in [6.07, 6.45) is 1.88. The first-order valence-electron chi connectivity index (χ1n) is 12.7. The Balaban J connectivity index is 2.02. The number of hydrogen-bond acceptors (Lipinski definition) is 8. The molecule has 1 aliphatic heterocycles. The van der Waals surface area contributed by atoms with Gasteiger partial charge in [0.1, 0.15) is 23.3 Å². The van der Waals surface area contributed by atoms with Gasteiger partial charge < -0.3 is 18.9 Å². The van der Waals surface area contributed by atoms with Gasteiger partial charge in [-0.3, -0.25) is 9.36 Å². The Bertz CT molecular complexity index is 1630. The molecule has 8 nitrogen and oxygen atoms in total. The van der Waals surface area contributed by atoms with Crippen molar-refractivity contribution in [1.29, 1.82) is 0 Å². The lowest BCUT2D eigenvalue weighted by atomic mass is 9.94. The molecule has 0 radical (unpaired) electrons. The van der Waals surface area contributed by atoms with Gasteiger partial charge in [0, 0.05) is 5.56 Å². The quantitative estimate of drug-likeness (QED) is 0.390. The van der Waals surface area contributed by atoms with Crippen molar-refractivity contribution in [3.8, 4) is 17.2 Å². The zero-order chi connectivity index (χ0) is 28.4. The number of esters is 1. The second-order valence-corrected chi connectivity index (χ2v) is 10.5. The number of rotatable bonds is 8. The number of ether oxygens (including phenoxy) is 4. The van der Waals surface area contributed by atoms with Gasteiger partial charge in [0.05, 0.1) is 43.7 Å². The van der Waals surface area contributed by atoms with E-state index in [9.17, 15) is 9.59 Å². The van der Waals surface area contributed by atoms with E-state index in [1.807, 2.05) is 19.1 Å². The molecule has 0 aliphatic carbocycles. The molecule has 0 spiro atoms. The minimum atomic E-state index is -0.810. The van der Waals surface area contributed by atoms with Gasteiger partial charge in [-0.25, -0.2) is 9.79 Å². The van der Waals surface area contributed by atoms with Gasteiger partial charge in [-0.15, -0.1) is 0 Å². The zero-order valence-electron chi connectivity index (χ0n) is 23.6. The van der Waals surface area contributed by atoms with Crippen molar-refractivity contribution in [2.45, 2.75) is 46.6 Å². The smallest absolute Gasteiger partial charge is 0.338 e. The lowest BCUT2D eigenvalue weighted by Crippen LogP contribution is -2.40. The van der Waals surface area contributed by atoms with Crippen molar-refractivity contribution in [2.75, 3.05) is 27.9 Å². The lowest BCUT2D eigenvalue weighted by Gasteiger charge is -2.26. The Hall–Kier alpha value is -3.85. The predicted octanol–water partition coefficient (Wildman–Crippen LogP) is 4.26. The van der Waals surface area contributed by atoms with E-state index in [-0.39, 0.29) is 23.7 Å². The van der Waals surface area contributed by atoms with E-state index in [0.29, 0.717) is 32.1 Å². The van der Waals surface area contributed by atoms with Gasteiger partial charge in [0.15, 0.2) is 4.80 Å². The third kappa shape index (κ3) is 5.23. The van der Waals surface area contributed by atoms with Crippen LogP contribution in [0.15, 0.2) is 51.4 Å². The maximum Gasteiger partial charge on any atom is 0.338 e. The van der Waals surface area contributed by atoms with Crippen LogP contribution in [0.5, 0.6) is 17.2 Å². The van der Waals surface area contributed by atoms with E-state index in [0.717, 1.165) is 22.4 Å². The molecule has 0 saturated carbocycles. The van der Waals surface area contributed by atoms with E-state index in [4.69, 9.17) is 18.9 Å². The van der Waals surface area contributed by atoms with E-state index >= 15 is 0 Å². The number of carbonyl (C=O) groups excluding carboxylic acids is 1. The highest BCUT2D eigenvalue weighted by molar-refractivity contribution is 7.07. The van der Waals surface area contributed by atoms with E-state index < -0.39 is 12.0 Å². The molecule has 0 bridgehead atoms. The average molecular weight is 551 g/mol. The predicted molar refractivity (Wildman–Crippen MR) is 152 cm³/mol. The minimum absolute atomic E-state index is 0.191. The number of benzene rings is 2. The van der Waals surface area contributed by atoms with Crippen molar-refractivity contribution in [3.05, 3.63) is 83.5 Å². The third-order valence-electron chi connectivity index (χ3n) is 6.78. The maximum atomic E-state index is 14.1. The highest BCUT2D eigenvalue weighted by Gasteiger charge is 2.35. The minimum Gasteiger partial charge on any atom is -0.497 e. The summed E-state index contributed by atoms with van der Waals surface area (Å²) in [5.41, 5.74) is 4.07. The van der Waals surface area contributed by atoms with Crippen LogP contribution in [0, 0.1) is 6.92 Å². The fourth-order valence-corrected chi connectivity index (χ4v) is 5.82. The Labute approximate surface area is 231 Å². The van der Waals surface area contributed by atoms with Crippen LogP contribution in [-0.4, -0.2) is 38.5 Å². The molecule has 4 rings (SSSR count). The van der Waals surface area contributed by atoms with Crippen LogP contribution in [0.2, 0.25) is 0 Å². The molecular formula is C30H34N2O6S. The SMILES string of the molecule is CCOC(=O)C1=C(C)N=c2s/c(=C/c3cc(C(C)C)c(OC)cc3C)c(=O)n2[C@H]1c1cc(OC)ccc1OC. The Kier molecular flexibility index (Phi) is 8.30. The van der Waals surface area contributed by atoms with Crippen molar-refractivity contribution in [1.82, 2.24) is 4.57 Å². The zero-order valence-corrected chi connectivity index (χ0v) is 24.4. The fourth-order valence-electron chi connectivity index (χ4n) is 4.78. The van der Waals surface area contributed by atoms with Gasteiger partial charge in [-0.1, -0.05) is 25.2 Å². The normalized spacial score (nSPS) is 15.2. The number of nitrogens with zero attached hydrogens (tertiary/aromatic N) is 2. The molecule has 206 valence electrons. The molecule has 2 heterocycles. The third-order valence-corrected chi connectivity index (χ3v) is 7.76. The molecule has 9 heteroatoms.